The third-order valence-corrected chi connectivity index (χ3v) is 3.09. The minimum atomic E-state index is -1.27. The van der Waals surface area contributed by atoms with Gasteiger partial charge in [0.1, 0.15) is 18.2 Å². The van der Waals surface area contributed by atoms with Gasteiger partial charge in [0.2, 0.25) is 0 Å². The molecule has 2 rings (SSSR count). The first-order valence-corrected chi connectivity index (χ1v) is 6.84. The summed E-state index contributed by atoms with van der Waals surface area (Å²) in [7, 11) is 1.50. The lowest BCUT2D eigenvalue weighted by atomic mass is 10.1. The fourth-order valence-corrected chi connectivity index (χ4v) is 1.94. The molecular weight excluding hydrogens is 294 g/mol. The van der Waals surface area contributed by atoms with Crippen molar-refractivity contribution >= 4 is 12.0 Å². The number of carboxylic acids is 1. The van der Waals surface area contributed by atoms with Gasteiger partial charge in [-0.3, -0.25) is 0 Å². The van der Waals surface area contributed by atoms with E-state index in [2.05, 4.69) is 0 Å². The third-order valence-electron chi connectivity index (χ3n) is 3.09. The molecule has 5 heteroatoms. The van der Waals surface area contributed by atoms with E-state index < -0.39 is 5.97 Å². The van der Waals surface area contributed by atoms with E-state index in [1.807, 2.05) is 30.3 Å². The van der Waals surface area contributed by atoms with Crippen LogP contribution in [0, 0.1) is 11.3 Å². The normalized spacial score (nSPS) is 10.7. The van der Waals surface area contributed by atoms with Gasteiger partial charge in [-0.2, -0.15) is 5.26 Å². The van der Waals surface area contributed by atoms with E-state index in [9.17, 15) is 4.79 Å². The number of carbonyl (C=O) groups is 1. The van der Waals surface area contributed by atoms with Crippen LogP contribution in [0.4, 0.5) is 0 Å². The molecule has 116 valence electrons. The number of nitriles is 1. The van der Waals surface area contributed by atoms with Crippen LogP contribution in [0.3, 0.4) is 0 Å². The summed E-state index contributed by atoms with van der Waals surface area (Å²) in [6.45, 7) is 0.394. The summed E-state index contributed by atoms with van der Waals surface area (Å²) in [5, 5.41) is 17.7. The number of nitrogens with zero attached hydrogens (tertiary/aromatic N) is 1. The highest BCUT2D eigenvalue weighted by Crippen LogP contribution is 2.29. The molecule has 0 aromatic heterocycles. The molecule has 0 saturated carbocycles. The SMILES string of the molecule is COc1cc(/C=C(\C#N)C(=O)O)ccc1OCc1ccccc1. The highest BCUT2D eigenvalue weighted by atomic mass is 16.5. The van der Waals surface area contributed by atoms with Crippen molar-refractivity contribution in [1.29, 1.82) is 5.26 Å². The number of carboxylic acid groups (broad SMARTS) is 1. The summed E-state index contributed by atoms with van der Waals surface area (Å²) in [5.41, 5.74) is 1.23. The maximum absolute atomic E-state index is 10.9. The van der Waals surface area contributed by atoms with Crippen LogP contribution >= 0.6 is 0 Å². The molecule has 0 aliphatic heterocycles. The molecule has 23 heavy (non-hydrogen) atoms. The average Bonchev–Trinajstić information content (AvgIpc) is 2.58. The van der Waals surface area contributed by atoms with E-state index in [0.29, 0.717) is 23.7 Å². The minimum Gasteiger partial charge on any atom is -0.493 e. The number of hydrogen-bond acceptors (Lipinski definition) is 4. The van der Waals surface area contributed by atoms with Crippen molar-refractivity contribution in [2.75, 3.05) is 7.11 Å². The van der Waals surface area contributed by atoms with E-state index in [1.165, 1.54) is 13.2 Å². The first-order chi connectivity index (χ1) is 11.1. The summed E-state index contributed by atoms with van der Waals surface area (Å²) >= 11 is 0. The molecule has 0 radical (unpaired) electrons. The summed E-state index contributed by atoms with van der Waals surface area (Å²) < 4.78 is 11.0. The summed E-state index contributed by atoms with van der Waals surface area (Å²) in [4.78, 5) is 10.9. The number of benzene rings is 2. The van der Waals surface area contributed by atoms with Crippen molar-refractivity contribution < 1.29 is 19.4 Å². The number of methoxy groups -OCH3 is 1. The van der Waals surface area contributed by atoms with Gasteiger partial charge in [0.15, 0.2) is 11.5 Å². The van der Waals surface area contributed by atoms with Crippen LogP contribution in [0.1, 0.15) is 11.1 Å². The fraction of sp³-hybridized carbons (Fsp3) is 0.111. The maximum atomic E-state index is 10.9. The van der Waals surface area contributed by atoms with Crippen LogP contribution in [0.5, 0.6) is 11.5 Å². The molecule has 0 aliphatic carbocycles. The largest absolute Gasteiger partial charge is 0.493 e. The summed E-state index contributed by atoms with van der Waals surface area (Å²) in [5.74, 6) is -0.254. The van der Waals surface area contributed by atoms with Crippen molar-refractivity contribution in [3.05, 3.63) is 65.2 Å². The van der Waals surface area contributed by atoms with Crippen molar-refractivity contribution in [1.82, 2.24) is 0 Å². The van der Waals surface area contributed by atoms with Gasteiger partial charge in [-0.05, 0) is 29.3 Å². The first-order valence-electron chi connectivity index (χ1n) is 6.84. The van der Waals surface area contributed by atoms with Crippen molar-refractivity contribution in [2.24, 2.45) is 0 Å². The van der Waals surface area contributed by atoms with Crippen LogP contribution in [-0.2, 0) is 11.4 Å². The lowest BCUT2D eigenvalue weighted by molar-refractivity contribution is -0.132. The quantitative estimate of drug-likeness (QED) is 0.654. The molecule has 0 fully saturated rings. The summed E-state index contributed by atoms with van der Waals surface area (Å²) in [6, 6.07) is 16.3. The molecule has 5 nitrogen and oxygen atoms in total. The van der Waals surface area contributed by atoms with Gasteiger partial charge in [-0.1, -0.05) is 36.4 Å². The highest BCUT2D eigenvalue weighted by molar-refractivity contribution is 5.96. The average molecular weight is 309 g/mol. The summed E-state index contributed by atoms with van der Waals surface area (Å²) in [6.07, 6.45) is 1.28. The number of hydrogen-bond donors (Lipinski definition) is 1. The lowest BCUT2D eigenvalue weighted by Crippen LogP contribution is -1.99. The second-order valence-electron chi connectivity index (χ2n) is 4.66. The molecule has 0 amide bonds. The van der Waals surface area contributed by atoms with E-state index in [4.69, 9.17) is 19.8 Å². The fourth-order valence-electron chi connectivity index (χ4n) is 1.94. The van der Waals surface area contributed by atoms with E-state index in [0.717, 1.165) is 5.56 Å². The van der Waals surface area contributed by atoms with Gasteiger partial charge in [0.25, 0.3) is 0 Å². The zero-order valence-electron chi connectivity index (χ0n) is 12.5. The first kappa shape index (κ1) is 16.1. The van der Waals surface area contributed by atoms with Crippen LogP contribution in [-0.4, -0.2) is 18.2 Å². The highest BCUT2D eigenvalue weighted by Gasteiger charge is 2.09. The van der Waals surface area contributed by atoms with Gasteiger partial charge in [-0.25, -0.2) is 4.79 Å². The second kappa shape index (κ2) is 7.66. The van der Waals surface area contributed by atoms with Gasteiger partial charge >= 0.3 is 5.97 Å². The van der Waals surface area contributed by atoms with E-state index in [-0.39, 0.29) is 5.57 Å². The zero-order valence-corrected chi connectivity index (χ0v) is 12.5. The van der Waals surface area contributed by atoms with E-state index >= 15 is 0 Å². The van der Waals surface area contributed by atoms with Gasteiger partial charge in [0, 0.05) is 0 Å². The second-order valence-corrected chi connectivity index (χ2v) is 4.66. The Balaban J connectivity index is 2.20. The predicted octanol–water partition coefficient (Wildman–Crippen LogP) is 3.27. The Morgan fingerprint density at radius 3 is 2.57 bits per heavy atom. The Labute approximate surface area is 134 Å². The van der Waals surface area contributed by atoms with Crippen molar-refractivity contribution in [3.63, 3.8) is 0 Å². The van der Waals surface area contributed by atoms with E-state index in [1.54, 1.807) is 24.3 Å². The molecule has 0 heterocycles. The molecule has 0 atom stereocenters. The molecule has 1 N–H and O–H groups in total. The van der Waals surface area contributed by atoms with Gasteiger partial charge in [-0.15, -0.1) is 0 Å². The number of ether oxygens (including phenoxy) is 2. The zero-order chi connectivity index (χ0) is 16.7. The third kappa shape index (κ3) is 4.35. The standard InChI is InChI=1S/C18H15NO4/c1-22-17-10-14(9-15(11-19)18(20)21)7-8-16(17)23-12-13-5-3-2-4-6-13/h2-10H,12H2,1H3,(H,20,21)/b15-9+. The molecule has 0 aliphatic rings. The Morgan fingerprint density at radius 2 is 1.96 bits per heavy atom. The lowest BCUT2D eigenvalue weighted by Gasteiger charge is -2.11. The van der Waals surface area contributed by atoms with Crippen LogP contribution in [0.25, 0.3) is 6.08 Å². The molecule has 2 aromatic carbocycles. The maximum Gasteiger partial charge on any atom is 0.346 e. The predicted molar refractivity (Wildman–Crippen MR) is 85.0 cm³/mol. The van der Waals surface area contributed by atoms with Crippen LogP contribution < -0.4 is 9.47 Å². The molecule has 0 unspecified atom stereocenters. The van der Waals surface area contributed by atoms with Crippen molar-refractivity contribution in [2.45, 2.75) is 6.61 Å². The Morgan fingerprint density at radius 1 is 1.22 bits per heavy atom. The van der Waals surface area contributed by atoms with Crippen LogP contribution in [0.2, 0.25) is 0 Å². The van der Waals surface area contributed by atoms with Gasteiger partial charge < -0.3 is 14.6 Å². The topological polar surface area (TPSA) is 79.5 Å². The Bertz CT molecular complexity index is 760. The molecular formula is C18H15NO4. The minimum absolute atomic E-state index is 0.343. The smallest absolute Gasteiger partial charge is 0.346 e. The number of aliphatic carboxylic acids is 1. The Kier molecular flexibility index (Phi) is 5.37. The Hall–Kier alpha value is -3.26. The molecule has 0 saturated heterocycles. The van der Waals surface area contributed by atoms with Gasteiger partial charge in [0.05, 0.1) is 7.11 Å². The van der Waals surface area contributed by atoms with Crippen LogP contribution in [0.15, 0.2) is 54.1 Å². The number of rotatable bonds is 6. The molecule has 2 aromatic rings. The molecule has 0 bridgehead atoms. The monoisotopic (exact) mass is 309 g/mol. The van der Waals surface area contributed by atoms with Crippen molar-refractivity contribution in [3.8, 4) is 17.6 Å². The molecule has 0 spiro atoms.